The van der Waals surface area contributed by atoms with Gasteiger partial charge in [0.2, 0.25) is 11.8 Å². The van der Waals surface area contributed by atoms with Gasteiger partial charge >= 0.3 is 17.9 Å². The van der Waals surface area contributed by atoms with Crippen LogP contribution in [0.4, 0.5) is 0 Å². The second-order valence-electron chi connectivity index (χ2n) is 8.81. The van der Waals surface area contributed by atoms with Gasteiger partial charge in [0.05, 0.1) is 12.2 Å². The number of ether oxygens (including phenoxy) is 3. The lowest BCUT2D eigenvalue weighted by molar-refractivity contribution is -0.140. The van der Waals surface area contributed by atoms with Gasteiger partial charge in [-0.15, -0.1) is 0 Å². The highest BCUT2D eigenvalue weighted by Crippen LogP contribution is 2.14. The Labute approximate surface area is 239 Å². The first kappa shape index (κ1) is 34.4. The highest BCUT2D eigenvalue weighted by atomic mass is 32.1. The molecule has 1 aromatic carbocycles. The van der Waals surface area contributed by atoms with E-state index in [1.165, 1.54) is 25.7 Å². The minimum absolute atomic E-state index is 0.0635. The van der Waals surface area contributed by atoms with Gasteiger partial charge in [-0.3, -0.25) is 14.4 Å². The van der Waals surface area contributed by atoms with Crippen molar-refractivity contribution in [1.82, 2.24) is 10.6 Å². The molecule has 0 spiro atoms. The van der Waals surface area contributed by atoms with E-state index in [1.807, 2.05) is 0 Å². The molecule has 0 fully saturated rings. The molecule has 1 aromatic rings. The van der Waals surface area contributed by atoms with E-state index in [9.17, 15) is 24.0 Å². The van der Waals surface area contributed by atoms with Crippen molar-refractivity contribution >= 4 is 42.4 Å². The molecule has 1 rings (SSSR count). The van der Waals surface area contributed by atoms with Crippen LogP contribution in [0.25, 0.3) is 0 Å². The molecule has 2 amide bonds. The number of rotatable bonds is 20. The van der Waals surface area contributed by atoms with E-state index < -0.39 is 48.4 Å². The van der Waals surface area contributed by atoms with E-state index in [-0.39, 0.29) is 24.2 Å². The van der Waals surface area contributed by atoms with Crippen LogP contribution in [-0.4, -0.2) is 65.8 Å². The molecule has 0 heterocycles. The normalized spacial score (nSPS) is 12.3. The van der Waals surface area contributed by atoms with E-state index in [2.05, 4.69) is 30.2 Å². The fourth-order valence-electron chi connectivity index (χ4n) is 3.25. The van der Waals surface area contributed by atoms with Crippen LogP contribution in [0.2, 0.25) is 0 Å². The molecule has 2 atom stereocenters. The number of hydrogen-bond acceptors (Lipinski definition) is 10. The van der Waals surface area contributed by atoms with Gasteiger partial charge in [-0.1, -0.05) is 39.0 Å². The van der Waals surface area contributed by atoms with Gasteiger partial charge in [0.25, 0.3) is 0 Å². The zero-order valence-corrected chi connectivity index (χ0v) is 23.5. The molecular weight excluding hydrogens is 542 g/mol. The molecular formula is C27H39N3O9S. The number of aliphatic carboxylic acids is 1. The first-order valence-electron chi connectivity index (χ1n) is 13.1. The van der Waals surface area contributed by atoms with Gasteiger partial charge in [0.15, 0.2) is 0 Å². The predicted molar refractivity (Wildman–Crippen MR) is 150 cm³/mol. The summed E-state index contributed by atoms with van der Waals surface area (Å²) in [6.07, 6.45) is 8.46. The first-order valence-corrected chi connectivity index (χ1v) is 13.8. The summed E-state index contributed by atoms with van der Waals surface area (Å²) in [5.74, 6) is -3.47. The largest absolute Gasteiger partial charge is 0.494 e. The molecule has 0 bridgehead atoms. The number of amides is 2. The van der Waals surface area contributed by atoms with Crippen LogP contribution in [0.15, 0.2) is 36.8 Å². The highest BCUT2D eigenvalue weighted by Gasteiger charge is 2.21. The fourth-order valence-corrected chi connectivity index (χ4v) is 3.51. The number of carbonyl (C=O) groups excluding carboxylic acids is 4. The zero-order chi connectivity index (χ0) is 29.8. The second-order valence-corrected chi connectivity index (χ2v) is 9.18. The van der Waals surface area contributed by atoms with Crippen molar-refractivity contribution in [2.75, 3.05) is 18.9 Å². The van der Waals surface area contributed by atoms with E-state index in [0.29, 0.717) is 12.4 Å². The summed E-state index contributed by atoms with van der Waals surface area (Å²) in [4.78, 5) is 58.6. The Hall–Kier alpha value is -3.58. The molecule has 0 aliphatic carbocycles. The lowest BCUT2D eigenvalue weighted by atomic mass is 10.1. The van der Waals surface area contributed by atoms with Crippen molar-refractivity contribution in [3.8, 4) is 5.75 Å². The Balaban J connectivity index is 2.32. The molecule has 0 aliphatic rings. The predicted octanol–water partition coefficient (Wildman–Crippen LogP) is 2.32. The monoisotopic (exact) mass is 581 g/mol. The number of carboxylic acid groups (broad SMARTS) is 1. The Morgan fingerprint density at radius 3 is 2.30 bits per heavy atom. The standard InChI is InChI=1S/C27H39N3O9S/c1-2-3-4-5-6-7-14-37-20-10-8-19(9-11-20)26(35)38-15-16-39-27(36)21(28)12-13-23(31)30-22(18-40)25(34)29-17-24(32)33/h8-11,15-16,21-22,40H,2-7,12-14,17-18,28H2,1H3,(H,29,34)(H,30,31)(H,32,33)/b16-15+/t21-,22-/m0/s1. The quantitative estimate of drug-likeness (QED) is 0.0663. The summed E-state index contributed by atoms with van der Waals surface area (Å²) in [6, 6.07) is 4.26. The van der Waals surface area contributed by atoms with Crippen LogP contribution >= 0.6 is 12.6 Å². The average molecular weight is 582 g/mol. The number of carbonyl (C=O) groups is 5. The van der Waals surface area contributed by atoms with Crippen molar-refractivity contribution in [2.45, 2.75) is 70.4 Å². The molecule has 0 saturated heterocycles. The minimum atomic E-state index is -1.23. The summed E-state index contributed by atoms with van der Waals surface area (Å²) in [7, 11) is 0. The van der Waals surface area contributed by atoms with E-state index in [4.69, 9.17) is 25.1 Å². The molecule has 5 N–H and O–H groups in total. The smallest absolute Gasteiger partial charge is 0.343 e. The fraction of sp³-hybridized carbons (Fsp3) is 0.519. The Bertz CT molecular complexity index is 986. The van der Waals surface area contributed by atoms with E-state index in [1.54, 1.807) is 24.3 Å². The third-order valence-corrected chi connectivity index (χ3v) is 5.87. The third-order valence-electron chi connectivity index (χ3n) is 5.50. The van der Waals surface area contributed by atoms with Gasteiger partial charge < -0.3 is 35.7 Å². The number of thiol groups is 1. The summed E-state index contributed by atoms with van der Waals surface area (Å²) in [5.41, 5.74) is 6.00. The topological polar surface area (TPSA) is 183 Å². The van der Waals surface area contributed by atoms with Crippen molar-refractivity contribution in [3.05, 3.63) is 42.4 Å². The summed E-state index contributed by atoms with van der Waals surface area (Å²) >= 11 is 3.96. The highest BCUT2D eigenvalue weighted by molar-refractivity contribution is 7.80. The van der Waals surface area contributed by atoms with Gasteiger partial charge in [-0.05, 0) is 37.1 Å². The van der Waals surface area contributed by atoms with Gasteiger partial charge in [-0.25, -0.2) is 9.59 Å². The van der Waals surface area contributed by atoms with Crippen LogP contribution in [0.5, 0.6) is 5.75 Å². The lowest BCUT2D eigenvalue weighted by Crippen LogP contribution is -2.49. The number of nitrogens with two attached hydrogens (primary N) is 1. The Morgan fingerprint density at radius 2 is 1.65 bits per heavy atom. The molecule has 0 radical (unpaired) electrons. The van der Waals surface area contributed by atoms with Crippen molar-refractivity contribution in [3.63, 3.8) is 0 Å². The molecule has 0 unspecified atom stereocenters. The number of nitrogens with one attached hydrogen (secondary N) is 2. The number of benzene rings is 1. The molecule has 12 nitrogen and oxygen atoms in total. The summed E-state index contributed by atoms with van der Waals surface area (Å²) in [6.45, 7) is 2.19. The van der Waals surface area contributed by atoms with Crippen LogP contribution < -0.4 is 21.1 Å². The zero-order valence-electron chi connectivity index (χ0n) is 22.6. The van der Waals surface area contributed by atoms with Crippen LogP contribution in [0, 0.1) is 0 Å². The van der Waals surface area contributed by atoms with Crippen molar-refractivity contribution in [2.24, 2.45) is 5.73 Å². The summed E-state index contributed by atoms with van der Waals surface area (Å²) < 4.78 is 15.4. The van der Waals surface area contributed by atoms with Crippen molar-refractivity contribution in [1.29, 1.82) is 0 Å². The number of carboxylic acids is 1. The van der Waals surface area contributed by atoms with E-state index >= 15 is 0 Å². The van der Waals surface area contributed by atoms with Gasteiger partial charge in [-0.2, -0.15) is 12.6 Å². The number of unbranched alkanes of at least 4 members (excludes halogenated alkanes) is 5. The number of esters is 2. The SMILES string of the molecule is CCCCCCCCOc1ccc(C(=O)O/C=C/OC(=O)[C@@H](N)CCC(=O)N[C@@H](CS)C(=O)NCC(=O)O)cc1. The maximum atomic E-state index is 12.1. The molecule has 13 heteroatoms. The van der Waals surface area contributed by atoms with Crippen LogP contribution in [0.3, 0.4) is 0 Å². The summed E-state index contributed by atoms with van der Waals surface area (Å²) in [5, 5.41) is 13.1. The van der Waals surface area contributed by atoms with E-state index in [0.717, 1.165) is 25.4 Å². The molecule has 0 aromatic heterocycles. The lowest BCUT2D eigenvalue weighted by Gasteiger charge is -2.16. The Kier molecular flexibility index (Phi) is 17.5. The second kappa shape index (κ2) is 20.3. The average Bonchev–Trinajstić information content (AvgIpc) is 2.95. The Morgan fingerprint density at radius 1 is 1.00 bits per heavy atom. The molecule has 0 saturated carbocycles. The van der Waals surface area contributed by atoms with Crippen LogP contribution in [-0.2, 0) is 28.7 Å². The number of hydrogen-bond donors (Lipinski definition) is 5. The minimum Gasteiger partial charge on any atom is -0.494 e. The first-order chi connectivity index (χ1) is 19.2. The maximum absolute atomic E-state index is 12.1. The van der Waals surface area contributed by atoms with Gasteiger partial charge in [0, 0.05) is 12.2 Å². The van der Waals surface area contributed by atoms with Crippen molar-refractivity contribution < 1.29 is 43.3 Å². The van der Waals surface area contributed by atoms with Crippen LogP contribution in [0.1, 0.15) is 68.6 Å². The third kappa shape index (κ3) is 15.1. The molecule has 222 valence electrons. The maximum Gasteiger partial charge on any atom is 0.343 e. The molecule has 40 heavy (non-hydrogen) atoms. The molecule has 0 aliphatic heterocycles. The van der Waals surface area contributed by atoms with Gasteiger partial charge in [0.1, 0.15) is 36.9 Å².